The Morgan fingerprint density at radius 2 is 2.06 bits per heavy atom. The van der Waals surface area contributed by atoms with E-state index in [4.69, 9.17) is 22.1 Å². The van der Waals surface area contributed by atoms with Crippen LogP contribution in [-0.4, -0.2) is 17.3 Å². The summed E-state index contributed by atoms with van der Waals surface area (Å²) in [5.74, 6) is 1.49. The molecule has 0 radical (unpaired) electrons. The lowest BCUT2D eigenvalue weighted by atomic mass is 9.95. The van der Waals surface area contributed by atoms with E-state index >= 15 is 0 Å². The number of anilines is 1. The minimum absolute atomic E-state index is 0.343. The van der Waals surface area contributed by atoms with Crippen molar-refractivity contribution in [3.8, 4) is 17.0 Å². The van der Waals surface area contributed by atoms with E-state index < -0.39 is 0 Å². The molecule has 0 aliphatic heterocycles. The normalized spacial score (nSPS) is 10.9. The van der Waals surface area contributed by atoms with E-state index in [1.807, 2.05) is 12.1 Å². The maximum Gasteiger partial charge on any atom is 0.145 e. The number of ether oxygens (including phenoxy) is 1. The number of H-pyrrole nitrogens is 1. The fraction of sp³-hybridized carbons (Fsp3) is 0.308. The molecule has 0 atom stereocenters. The van der Waals surface area contributed by atoms with Crippen molar-refractivity contribution in [1.29, 1.82) is 0 Å². The molecule has 5 heteroatoms. The number of nitrogens with one attached hydrogen (secondary N) is 1. The van der Waals surface area contributed by atoms with Crippen molar-refractivity contribution in [2.75, 3.05) is 12.8 Å². The Bertz CT molecular complexity index is 563. The highest BCUT2D eigenvalue weighted by molar-refractivity contribution is 6.32. The third-order valence-electron chi connectivity index (χ3n) is 2.83. The third kappa shape index (κ3) is 2.29. The molecule has 2 rings (SSSR count). The van der Waals surface area contributed by atoms with Gasteiger partial charge >= 0.3 is 0 Å². The average molecular weight is 266 g/mol. The van der Waals surface area contributed by atoms with Gasteiger partial charge in [-0.15, -0.1) is 0 Å². The van der Waals surface area contributed by atoms with Crippen molar-refractivity contribution in [3.63, 3.8) is 0 Å². The molecular weight excluding hydrogens is 250 g/mol. The molecule has 0 aliphatic carbocycles. The standard InChI is InChI=1S/C13H16ClN3O/c1-7(2)8-5-12(18-3)10(14)4-9(8)11-6-13(15)17-16-11/h4-7H,1-3H3,(H3,15,16,17). The molecule has 2 aromatic rings. The van der Waals surface area contributed by atoms with Crippen LogP contribution in [0.3, 0.4) is 0 Å². The maximum absolute atomic E-state index is 6.17. The van der Waals surface area contributed by atoms with E-state index in [1.54, 1.807) is 13.2 Å². The molecule has 3 N–H and O–H groups in total. The number of rotatable bonds is 3. The predicted molar refractivity (Wildman–Crippen MR) is 74.1 cm³/mol. The lowest BCUT2D eigenvalue weighted by molar-refractivity contribution is 0.414. The van der Waals surface area contributed by atoms with Crippen LogP contribution in [0.1, 0.15) is 25.3 Å². The third-order valence-corrected chi connectivity index (χ3v) is 3.13. The van der Waals surface area contributed by atoms with Crippen LogP contribution in [-0.2, 0) is 0 Å². The van der Waals surface area contributed by atoms with Crippen LogP contribution >= 0.6 is 11.6 Å². The maximum atomic E-state index is 6.17. The van der Waals surface area contributed by atoms with E-state index in [1.165, 1.54) is 0 Å². The molecule has 1 heterocycles. The van der Waals surface area contributed by atoms with Crippen LogP contribution < -0.4 is 10.5 Å². The first kappa shape index (κ1) is 12.8. The number of benzene rings is 1. The van der Waals surface area contributed by atoms with Crippen LogP contribution in [0.2, 0.25) is 5.02 Å². The number of hydrogen-bond donors (Lipinski definition) is 2. The minimum Gasteiger partial charge on any atom is -0.495 e. The van der Waals surface area contributed by atoms with E-state index in [2.05, 4.69) is 24.0 Å². The van der Waals surface area contributed by atoms with Gasteiger partial charge in [0.1, 0.15) is 11.6 Å². The Balaban J connectivity index is 2.61. The van der Waals surface area contributed by atoms with Gasteiger partial charge in [-0.25, -0.2) is 0 Å². The highest BCUT2D eigenvalue weighted by atomic mass is 35.5. The first-order valence-corrected chi connectivity index (χ1v) is 6.09. The first-order valence-electron chi connectivity index (χ1n) is 5.71. The van der Waals surface area contributed by atoms with Crippen molar-refractivity contribution in [2.45, 2.75) is 19.8 Å². The molecule has 0 saturated carbocycles. The Hall–Kier alpha value is -1.68. The van der Waals surface area contributed by atoms with Crippen LogP contribution in [0.5, 0.6) is 5.75 Å². The van der Waals surface area contributed by atoms with Gasteiger partial charge in [0.25, 0.3) is 0 Å². The molecular formula is C13H16ClN3O. The van der Waals surface area contributed by atoms with Crippen molar-refractivity contribution < 1.29 is 4.74 Å². The molecule has 0 unspecified atom stereocenters. The van der Waals surface area contributed by atoms with E-state index in [-0.39, 0.29) is 0 Å². The van der Waals surface area contributed by atoms with Crippen molar-refractivity contribution >= 4 is 17.4 Å². The molecule has 1 aromatic heterocycles. The summed E-state index contributed by atoms with van der Waals surface area (Å²) in [5.41, 5.74) is 8.64. The molecule has 0 bridgehead atoms. The fourth-order valence-corrected chi connectivity index (χ4v) is 2.15. The molecule has 0 amide bonds. The van der Waals surface area contributed by atoms with Crippen molar-refractivity contribution in [1.82, 2.24) is 10.2 Å². The quantitative estimate of drug-likeness (QED) is 0.893. The van der Waals surface area contributed by atoms with Gasteiger partial charge in [0.05, 0.1) is 17.8 Å². The summed E-state index contributed by atoms with van der Waals surface area (Å²) in [6.07, 6.45) is 0. The zero-order valence-electron chi connectivity index (χ0n) is 10.6. The van der Waals surface area contributed by atoms with Crippen molar-refractivity contribution in [2.24, 2.45) is 0 Å². The molecule has 96 valence electrons. The van der Waals surface area contributed by atoms with Gasteiger partial charge < -0.3 is 10.5 Å². The number of nitrogens with zero attached hydrogens (tertiary/aromatic N) is 1. The highest BCUT2D eigenvalue weighted by Gasteiger charge is 2.14. The Morgan fingerprint density at radius 1 is 1.33 bits per heavy atom. The molecule has 0 spiro atoms. The van der Waals surface area contributed by atoms with Gasteiger partial charge in [0.15, 0.2) is 0 Å². The molecule has 18 heavy (non-hydrogen) atoms. The molecule has 4 nitrogen and oxygen atoms in total. The van der Waals surface area contributed by atoms with Gasteiger partial charge in [-0.05, 0) is 23.6 Å². The molecule has 0 aliphatic rings. The summed E-state index contributed by atoms with van der Waals surface area (Å²) < 4.78 is 5.25. The zero-order chi connectivity index (χ0) is 13.3. The Kier molecular flexibility index (Phi) is 3.48. The summed E-state index contributed by atoms with van der Waals surface area (Å²) in [4.78, 5) is 0. The van der Waals surface area contributed by atoms with Gasteiger partial charge in [-0.2, -0.15) is 5.10 Å². The second kappa shape index (κ2) is 4.90. The topological polar surface area (TPSA) is 63.9 Å². The summed E-state index contributed by atoms with van der Waals surface area (Å²) in [6, 6.07) is 5.63. The van der Waals surface area contributed by atoms with Gasteiger partial charge in [-0.3, -0.25) is 5.10 Å². The molecule has 0 fully saturated rings. The van der Waals surface area contributed by atoms with E-state index in [0.717, 1.165) is 16.8 Å². The fourth-order valence-electron chi connectivity index (χ4n) is 1.91. The smallest absolute Gasteiger partial charge is 0.145 e. The number of methoxy groups -OCH3 is 1. The van der Waals surface area contributed by atoms with Crippen LogP contribution in [0.15, 0.2) is 18.2 Å². The average Bonchev–Trinajstić information content (AvgIpc) is 2.75. The summed E-state index contributed by atoms with van der Waals surface area (Å²) in [5, 5.41) is 7.43. The summed E-state index contributed by atoms with van der Waals surface area (Å²) >= 11 is 6.17. The van der Waals surface area contributed by atoms with Gasteiger partial charge in [0, 0.05) is 11.6 Å². The Labute approximate surface area is 111 Å². The minimum atomic E-state index is 0.343. The van der Waals surface area contributed by atoms with Gasteiger partial charge in [-0.1, -0.05) is 25.4 Å². The summed E-state index contributed by atoms with van der Waals surface area (Å²) in [6.45, 7) is 4.23. The highest BCUT2D eigenvalue weighted by Crippen LogP contribution is 2.36. The lowest BCUT2D eigenvalue weighted by Crippen LogP contribution is -1.95. The van der Waals surface area contributed by atoms with Crippen LogP contribution in [0.25, 0.3) is 11.3 Å². The second-order valence-corrected chi connectivity index (χ2v) is 4.84. The SMILES string of the molecule is COc1cc(C(C)C)c(-c2cc(N)n[nH]2)cc1Cl. The summed E-state index contributed by atoms with van der Waals surface area (Å²) in [7, 11) is 1.61. The molecule has 1 aromatic carbocycles. The monoisotopic (exact) mass is 265 g/mol. The number of nitrogen functional groups attached to an aromatic ring is 1. The molecule has 0 saturated heterocycles. The Morgan fingerprint density at radius 3 is 2.56 bits per heavy atom. The number of nitrogens with two attached hydrogens (primary N) is 1. The lowest BCUT2D eigenvalue weighted by Gasteiger charge is -2.14. The predicted octanol–water partition coefficient (Wildman–Crippen LogP) is 3.44. The second-order valence-electron chi connectivity index (χ2n) is 4.44. The van der Waals surface area contributed by atoms with Crippen molar-refractivity contribution in [3.05, 3.63) is 28.8 Å². The van der Waals surface area contributed by atoms with Gasteiger partial charge in [0.2, 0.25) is 0 Å². The number of hydrogen-bond acceptors (Lipinski definition) is 3. The van der Waals surface area contributed by atoms with E-state index in [0.29, 0.717) is 22.5 Å². The number of halogens is 1. The van der Waals surface area contributed by atoms with Crippen LogP contribution in [0, 0.1) is 0 Å². The first-order chi connectivity index (χ1) is 8.52. The number of aromatic nitrogens is 2. The number of aromatic amines is 1. The zero-order valence-corrected chi connectivity index (χ0v) is 11.4. The van der Waals surface area contributed by atoms with E-state index in [9.17, 15) is 0 Å². The van der Waals surface area contributed by atoms with Crippen LogP contribution in [0.4, 0.5) is 5.82 Å². The largest absolute Gasteiger partial charge is 0.495 e.